The molecule has 20 heavy (non-hydrogen) atoms. The second-order valence-corrected chi connectivity index (χ2v) is 6.18. The number of para-hydroxylation sites is 1. The number of nitrogens with one attached hydrogen (secondary N) is 1. The Balaban J connectivity index is 1.81. The van der Waals surface area contributed by atoms with Crippen molar-refractivity contribution in [2.75, 3.05) is 26.7 Å². The molecule has 3 heteroatoms. The topological polar surface area (TPSA) is 24.5 Å². The van der Waals surface area contributed by atoms with Crippen molar-refractivity contribution in [2.24, 2.45) is 5.92 Å². The van der Waals surface area contributed by atoms with Gasteiger partial charge >= 0.3 is 0 Å². The molecule has 0 aliphatic carbocycles. The average Bonchev–Trinajstić information content (AvgIpc) is 2.40. The number of likely N-dealkylation sites (tertiary alicyclic amines) is 1. The fourth-order valence-corrected chi connectivity index (χ4v) is 2.87. The van der Waals surface area contributed by atoms with Gasteiger partial charge in [-0.25, -0.2) is 0 Å². The van der Waals surface area contributed by atoms with Gasteiger partial charge in [-0.2, -0.15) is 0 Å². The molecular weight excluding hydrogens is 248 g/mol. The highest BCUT2D eigenvalue weighted by atomic mass is 16.5. The van der Waals surface area contributed by atoms with E-state index in [1.807, 2.05) is 6.07 Å². The van der Waals surface area contributed by atoms with Crippen LogP contribution in [0.4, 0.5) is 0 Å². The van der Waals surface area contributed by atoms with Crippen molar-refractivity contribution < 1.29 is 4.74 Å². The van der Waals surface area contributed by atoms with E-state index >= 15 is 0 Å². The summed E-state index contributed by atoms with van der Waals surface area (Å²) >= 11 is 0. The number of piperidine rings is 1. The minimum absolute atomic E-state index is 0.225. The summed E-state index contributed by atoms with van der Waals surface area (Å²) < 4.78 is 5.86. The van der Waals surface area contributed by atoms with Gasteiger partial charge in [-0.05, 0) is 58.8 Å². The lowest BCUT2D eigenvalue weighted by Crippen LogP contribution is -2.37. The second-order valence-electron chi connectivity index (χ2n) is 6.18. The van der Waals surface area contributed by atoms with E-state index in [0.717, 1.165) is 24.8 Å². The number of ether oxygens (including phenoxy) is 1. The minimum atomic E-state index is 0.225. The first-order valence-corrected chi connectivity index (χ1v) is 7.79. The van der Waals surface area contributed by atoms with Crippen LogP contribution >= 0.6 is 0 Å². The van der Waals surface area contributed by atoms with Crippen LogP contribution in [-0.4, -0.2) is 37.7 Å². The molecule has 1 aliphatic heterocycles. The molecule has 1 saturated heterocycles. The highest BCUT2D eigenvalue weighted by Crippen LogP contribution is 2.19. The van der Waals surface area contributed by atoms with Gasteiger partial charge in [0.25, 0.3) is 0 Å². The van der Waals surface area contributed by atoms with E-state index in [0.29, 0.717) is 0 Å². The van der Waals surface area contributed by atoms with Crippen LogP contribution in [0.1, 0.15) is 32.3 Å². The molecule has 0 aromatic heterocycles. The molecule has 1 heterocycles. The summed E-state index contributed by atoms with van der Waals surface area (Å²) in [6, 6.07) is 8.33. The Morgan fingerprint density at radius 2 is 2.15 bits per heavy atom. The number of rotatable bonds is 6. The fourth-order valence-electron chi connectivity index (χ4n) is 2.87. The first-order valence-electron chi connectivity index (χ1n) is 7.79. The molecule has 3 nitrogen and oxygen atoms in total. The van der Waals surface area contributed by atoms with Crippen LogP contribution in [-0.2, 0) is 6.54 Å². The molecule has 1 aliphatic rings. The van der Waals surface area contributed by atoms with Gasteiger partial charge in [0.2, 0.25) is 0 Å². The van der Waals surface area contributed by atoms with E-state index in [1.54, 1.807) is 0 Å². The Bertz CT molecular complexity index is 406. The van der Waals surface area contributed by atoms with Crippen LogP contribution in [0.2, 0.25) is 0 Å². The Labute approximate surface area is 123 Å². The van der Waals surface area contributed by atoms with Crippen molar-refractivity contribution in [3.05, 3.63) is 29.8 Å². The molecule has 112 valence electrons. The summed E-state index contributed by atoms with van der Waals surface area (Å²) in [5.74, 6) is 1.79. The zero-order chi connectivity index (χ0) is 14.4. The fraction of sp³-hybridized carbons (Fsp3) is 0.647. The highest BCUT2D eigenvalue weighted by molar-refractivity contribution is 5.33. The molecule has 1 fully saturated rings. The average molecular weight is 276 g/mol. The minimum Gasteiger partial charge on any atom is -0.491 e. The standard InChI is InChI=1S/C17H28N2O/c1-14(2)20-17-9-5-4-8-16(17)12-18-11-15-7-6-10-19(3)13-15/h4-5,8-9,14-15,18H,6-7,10-13H2,1-3H3/t15-/m1/s1. The van der Waals surface area contributed by atoms with Crippen LogP contribution in [0.15, 0.2) is 24.3 Å². The van der Waals surface area contributed by atoms with Gasteiger partial charge in [-0.3, -0.25) is 0 Å². The third-order valence-corrected chi connectivity index (χ3v) is 3.81. The third-order valence-electron chi connectivity index (χ3n) is 3.81. The summed E-state index contributed by atoms with van der Waals surface area (Å²) in [5, 5.41) is 3.60. The predicted octanol–water partition coefficient (Wildman–Crippen LogP) is 2.91. The quantitative estimate of drug-likeness (QED) is 0.864. The molecule has 2 rings (SSSR count). The van der Waals surface area contributed by atoms with Crippen LogP contribution in [0, 0.1) is 5.92 Å². The van der Waals surface area contributed by atoms with E-state index < -0.39 is 0 Å². The smallest absolute Gasteiger partial charge is 0.124 e. The van der Waals surface area contributed by atoms with Crippen molar-refractivity contribution in [1.82, 2.24) is 10.2 Å². The summed E-state index contributed by atoms with van der Waals surface area (Å²) in [6.45, 7) is 8.60. The lowest BCUT2D eigenvalue weighted by molar-refractivity contribution is 0.205. The molecule has 1 atom stereocenters. The van der Waals surface area contributed by atoms with Gasteiger partial charge in [0.05, 0.1) is 6.10 Å². The van der Waals surface area contributed by atoms with Gasteiger partial charge in [-0.1, -0.05) is 18.2 Å². The molecular formula is C17H28N2O. The molecule has 0 saturated carbocycles. The maximum absolute atomic E-state index is 5.86. The van der Waals surface area contributed by atoms with Crippen LogP contribution < -0.4 is 10.1 Å². The summed E-state index contributed by atoms with van der Waals surface area (Å²) in [7, 11) is 2.22. The second kappa shape index (κ2) is 7.65. The molecule has 0 amide bonds. The van der Waals surface area contributed by atoms with Crippen LogP contribution in [0.25, 0.3) is 0 Å². The number of hydrogen-bond donors (Lipinski definition) is 1. The molecule has 0 radical (unpaired) electrons. The van der Waals surface area contributed by atoms with Crippen molar-refractivity contribution in [3.63, 3.8) is 0 Å². The Morgan fingerprint density at radius 1 is 1.35 bits per heavy atom. The van der Waals surface area contributed by atoms with Gasteiger partial charge in [0.15, 0.2) is 0 Å². The highest BCUT2D eigenvalue weighted by Gasteiger charge is 2.16. The first kappa shape index (κ1) is 15.3. The monoisotopic (exact) mass is 276 g/mol. The Hall–Kier alpha value is -1.06. The lowest BCUT2D eigenvalue weighted by atomic mass is 9.98. The summed E-state index contributed by atoms with van der Waals surface area (Å²) in [6.07, 6.45) is 2.90. The van der Waals surface area contributed by atoms with E-state index in [-0.39, 0.29) is 6.10 Å². The SMILES string of the molecule is CC(C)Oc1ccccc1CNC[C@H]1CCCN(C)C1. The number of benzene rings is 1. The van der Waals surface area contributed by atoms with E-state index in [4.69, 9.17) is 4.74 Å². The van der Waals surface area contributed by atoms with E-state index in [2.05, 4.69) is 49.3 Å². The predicted molar refractivity (Wildman–Crippen MR) is 84.1 cm³/mol. The third kappa shape index (κ3) is 4.80. The zero-order valence-electron chi connectivity index (χ0n) is 13.1. The van der Waals surface area contributed by atoms with Crippen molar-refractivity contribution in [1.29, 1.82) is 0 Å². The van der Waals surface area contributed by atoms with Gasteiger partial charge in [0, 0.05) is 18.7 Å². The number of nitrogens with zero attached hydrogens (tertiary/aromatic N) is 1. The van der Waals surface area contributed by atoms with Crippen molar-refractivity contribution >= 4 is 0 Å². The summed E-state index contributed by atoms with van der Waals surface area (Å²) in [4.78, 5) is 2.44. The van der Waals surface area contributed by atoms with E-state index in [1.165, 1.54) is 31.5 Å². The van der Waals surface area contributed by atoms with E-state index in [9.17, 15) is 0 Å². The molecule has 1 aromatic carbocycles. The van der Waals surface area contributed by atoms with Crippen molar-refractivity contribution in [2.45, 2.75) is 39.3 Å². The van der Waals surface area contributed by atoms with Crippen molar-refractivity contribution in [3.8, 4) is 5.75 Å². The number of hydrogen-bond acceptors (Lipinski definition) is 3. The van der Waals surface area contributed by atoms with Gasteiger partial charge < -0.3 is 15.0 Å². The Morgan fingerprint density at radius 3 is 2.90 bits per heavy atom. The van der Waals surface area contributed by atoms with Crippen LogP contribution in [0.3, 0.4) is 0 Å². The van der Waals surface area contributed by atoms with Crippen LogP contribution in [0.5, 0.6) is 5.75 Å². The lowest BCUT2D eigenvalue weighted by Gasteiger charge is -2.29. The summed E-state index contributed by atoms with van der Waals surface area (Å²) in [5.41, 5.74) is 1.25. The molecule has 0 unspecified atom stereocenters. The molecule has 0 spiro atoms. The maximum Gasteiger partial charge on any atom is 0.124 e. The van der Waals surface area contributed by atoms with Gasteiger partial charge in [0.1, 0.15) is 5.75 Å². The molecule has 1 aromatic rings. The van der Waals surface area contributed by atoms with Gasteiger partial charge in [-0.15, -0.1) is 0 Å². The normalized spacial score (nSPS) is 20.3. The molecule has 0 bridgehead atoms. The Kier molecular flexibility index (Phi) is 5.86. The largest absolute Gasteiger partial charge is 0.491 e. The first-order chi connectivity index (χ1) is 9.65. The molecule has 1 N–H and O–H groups in total. The maximum atomic E-state index is 5.86. The zero-order valence-corrected chi connectivity index (χ0v) is 13.1.